The summed E-state index contributed by atoms with van der Waals surface area (Å²) in [6.07, 6.45) is 4.21. The van der Waals surface area contributed by atoms with Crippen LogP contribution in [0, 0.1) is 5.82 Å². The minimum absolute atomic E-state index is 0.310. The van der Waals surface area contributed by atoms with Crippen molar-refractivity contribution in [3.63, 3.8) is 0 Å². The Morgan fingerprint density at radius 2 is 2.15 bits per heavy atom. The molecule has 0 atom stereocenters. The number of benzene rings is 1. The van der Waals surface area contributed by atoms with Crippen molar-refractivity contribution in [2.75, 3.05) is 5.73 Å². The fourth-order valence-electron chi connectivity index (χ4n) is 2.36. The van der Waals surface area contributed by atoms with E-state index in [0.717, 1.165) is 24.0 Å². The maximum Gasteiger partial charge on any atom is 0.151 e. The first-order valence-corrected chi connectivity index (χ1v) is 6.56. The quantitative estimate of drug-likeness (QED) is 0.795. The van der Waals surface area contributed by atoms with Crippen molar-refractivity contribution < 1.29 is 4.39 Å². The lowest BCUT2D eigenvalue weighted by Crippen LogP contribution is -2.00. The molecule has 0 aliphatic rings. The van der Waals surface area contributed by atoms with E-state index in [1.165, 1.54) is 6.07 Å². The smallest absolute Gasteiger partial charge is 0.151 e. The molecular formula is C15H15FN4. The average Bonchev–Trinajstić information content (AvgIpc) is 2.80. The molecule has 0 fully saturated rings. The van der Waals surface area contributed by atoms with Gasteiger partial charge in [0.05, 0.1) is 11.2 Å². The number of pyridine rings is 1. The predicted molar refractivity (Wildman–Crippen MR) is 77.6 cm³/mol. The van der Waals surface area contributed by atoms with Gasteiger partial charge in [0.25, 0.3) is 0 Å². The molecule has 0 saturated carbocycles. The van der Waals surface area contributed by atoms with Crippen LogP contribution in [0.15, 0.2) is 36.7 Å². The maximum absolute atomic E-state index is 13.9. The van der Waals surface area contributed by atoms with Gasteiger partial charge in [-0.2, -0.15) is 0 Å². The number of fused-ring (bicyclic) bond motifs is 1. The highest BCUT2D eigenvalue weighted by Gasteiger charge is 2.15. The molecule has 0 spiro atoms. The molecule has 3 aromatic rings. The molecule has 0 aliphatic carbocycles. The summed E-state index contributed by atoms with van der Waals surface area (Å²) in [4.78, 5) is 8.52. The predicted octanol–water partition coefficient (Wildman–Crippen LogP) is 3.23. The molecule has 2 N–H and O–H groups in total. The van der Waals surface area contributed by atoms with Crippen molar-refractivity contribution in [3.8, 4) is 11.4 Å². The maximum atomic E-state index is 13.9. The van der Waals surface area contributed by atoms with E-state index in [-0.39, 0.29) is 5.82 Å². The highest BCUT2D eigenvalue weighted by molar-refractivity contribution is 5.81. The number of nitrogen functional groups attached to an aromatic ring is 1. The van der Waals surface area contributed by atoms with Gasteiger partial charge in [0.15, 0.2) is 5.82 Å². The number of imidazole rings is 1. The second-order valence-electron chi connectivity index (χ2n) is 4.70. The topological polar surface area (TPSA) is 56.7 Å². The van der Waals surface area contributed by atoms with Crippen LogP contribution in [0.2, 0.25) is 0 Å². The van der Waals surface area contributed by atoms with E-state index in [2.05, 4.69) is 16.9 Å². The Bertz CT molecular complexity index is 764. The van der Waals surface area contributed by atoms with Gasteiger partial charge in [-0.1, -0.05) is 13.0 Å². The molecule has 0 saturated heterocycles. The second-order valence-corrected chi connectivity index (χ2v) is 4.70. The first-order chi connectivity index (χ1) is 9.70. The number of hydrogen-bond donors (Lipinski definition) is 1. The van der Waals surface area contributed by atoms with Gasteiger partial charge in [-0.15, -0.1) is 0 Å². The molecule has 20 heavy (non-hydrogen) atoms. The minimum Gasteiger partial charge on any atom is -0.397 e. The Hall–Kier alpha value is -2.43. The van der Waals surface area contributed by atoms with Crippen molar-refractivity contribution in [2.24, 2.45) is 0 Å². The molecule has 0 aliphatic heterocycles. The van der Waals surface area contributed by atoms with E-state index < -0.39 is 0 Å². The summed E-state index contributed by atoms with van der Waals surface area (Å²) < 4.78 is 15.9. The van der Waals surface area contributed by atoms with Crippen LogP contribution in [-0.4, -0.2) is 14.5 Å². The fraction of sp³-hybridized carbons (Fsp3) is 0.200. The van der Waals surface area contributed by atoms with Crippen LogP contribution in [-0.2, 0) is 6.54 Å². The first-order valence-electron chi connectivity index (χ1n) is 6.56. The van der Waals surface area contributed by atoms with E-state index in [1.54, 1.807) is 24.5 Å². The van der Waals surface area contributed by atoms with Crippen LogP contribution in [0.1, 0.15) is 13.3 Å². The average molecular weight is 270 g/mol. The van der Waals surface area contributed by atoms with Gasteiger partial charge in [0.2, 0.25) is 0 Å². The number of para-hydroxylation sites is 1. The summed E-state index contributed by atoms with van der Waals surface area (Å²) in [6.45, 7) is 2.84. The van der Waals surface area contributed by atoms with Crippen LogP contribution in [0.3, 0.4) is 0 Å². The number of aryl methyl sites for hydroxylation is 1. The van der Waals surface area contributed by atoms with Crippen LogP contribution in [0.4, 0.5) is 10.1 Å². The molecule has 4 nitrogen and oxygen atoms in total. The van der Waals surface area contributed by atoms with Gasteiger partial charge in [-0.05, 0) is 24.6 Å². The van der Waals surface area contributed by atoms with Gasteiger partial charge in [0.1, 0.15) is 11.3 Å². The third-order valence-electron chi connectivity index (χ3n) is 3.19. The summed E-state index contributed by atoms with van der Waals surface area (Å²) in [5.74, 6) is 0.391. The van der Waals surface area contributed by atoms with Crippen molar-refractivity contribution in [1.29, 1.82) is 0 Å². The zero-order chi connectivity index (χ0) is 14.1. The van der Waals surface area contributed by atoms with Crippen LogP contribution in [0.25, 0.3) is 22.4 Å². The minimum atomic E-state index is -0.310. The van der Waals surface area contributed by atoms with Gasteiger partial charge in [-0.3, -0.25) is 4.98 Å². The van der Waals surface area contributed by atoms with E-state index >= 15 is 0 Å². The number of anilines is 1. The lowest BCUT2D eigenvalue weighted by molar-refractivity contribution is 0.637. The summed E-state index contributed by atoms with van der Waals surface area (Å²) in [7, 11) is 0. The van der Waals surface area contributed by atoms with E-state index in [1.807, 2.05) is 10.6 Å². The third-order valence-corrected chi connectivity index (χ3v) is 3.19. The second kappa shape index (κ2) is 4.92. The molecule has 0 radical (unpaired) electrons. The number of hydrogen-bond acceptors (Lipinski definition) is 3. The summed E-state index contributed by atoms with van der Waals surface area (Å²) in [6, 6.07) is 6.81. The molecule has 2 heterocycles. The molecule has 3 rings (SSSR count). The summed E-state index contributed by atoms with van der Waals surface area (Å²) in [5, 5.41) is 0. The van der Waals surface area contributed by atoms with Gasteiger partial charge in [-0.25, -0.2) is 9.37 Å². The first kappa shape index (κ1) is 12.6. The molecule has 0 unspecified atom stereocenters. The van der Waals surface area contributed by atoms with Crippen LogP contribution < -0.4 is 5.73 Å². The van der Waals surface area contributed by atoms with Crippen molar-refractivity contribution in [2.45, 2.75) is 19.9 Å². The number of aromatic nitrogens is 3. The molecule has 2 aromatic heterocycles. The van der Waals surface area contributed by atoms with Crippen LogP contribution >= 0.6 is 0 Å². The Morgan fingerprint density at radius 3 is 2.90 bits per heavy atom. The number of halogens is 1. The SMILES string of the molecule is CCCn1c(-c2cncc(N)c2)nc2c(F)cccc21. The Morgan fingerprint density at radius 1 is 1.30 bits per heavy atom. The van der Waals surface area contributed by atoms with E-state index in [0.29, 0.717) is 17.0 Å². The van der Waals surface area contributed by atoms with Crippen molar-refractivity contribution in [1.82, 2.24) is 14.5 Å². The number of rotatable bonds is 3. The monoisotopic (exact) mass is 270 g/mol. The van der Waals surface area contributed by atoms with Gasteiger partial charge >= 0.3 is 0 Å². The summed E-state index contributed by atoms with van der Waals surface area (Å²) in [5.41, 5.74) is 8.32. The van der Waals surface area contributed by atoms with Gasteiger partial charge in [0, 0.05) is 24.5 Å². The highest BCUT2D eigenvalue weighted by Crippen LogP contribution is 2.27. The van der Waals surface area contributed by atoms with Crippen LogP contribution in [0.5, 0.6) is 0 Å². The van der Waals surface area contributed by atoms with Crippen molar-refractivity contribution >= 4 is 16.7 Å². The Labute approximate surface area is 116 Å². The lowest BCUT2D eigenvalue weighted by atomic mass is 10.2. The zero-order valence-electron chi connectivity index (χ0n) is 11.2. The van der Waals surface area contributed by atoms with Crippen molar-refractivity contribution in [3.05, 3.63) is 42.5 Å². The molecule has 102 valence electrons. The largest absolute Gasteiger partial charge is 0.397 e. The normalized spacial score (nSPS) is 11.1. The lowest BCUT2D eigenvalue weighted by Gasteiger charge is -2.07. The van der Waals surface area contributed by atoms with E-state index in [4.69, 9.17) is 5.73 Å². The Kier molecular flexibility index (Phi) is 3.10. The Balaban J connectivity index is 2.29. The number of nitrogens with two attached hydrogens (primary N) is 1. The molecule has 0 bridgehead atoms. The highest BCUT2D eigenvalue weighted by atomic mass is 19.1. The molecular weight excluding hydrogens is 255 g/mol. The molecule has 1 aromatic carbocycles. The standard InChI is InChI=1S/C15H15FN4/c1-2-6-20-13-5-3-4-12(16)14(13)19-15(20)10-7-11(17)9-18-8-10/h3-5,7-9H,2,6,17H2,1H3. The third kappa shape index (κ3) is 2.01. The molecule has 5 heteroatoms. The van der Waals surface area contributed by atoms with E-state index in [9.17, 15) is 4.39 Å². The summed E-state index contributed by atoms with van der Waals surface area (Å²) >= 11 is 0. The molecule has 0 amide bonds. The van der Waals surface area contributed by atoms with Gasteiger partial charge < -0.3 is 10.3 Å². The zero-order valence-corrected chi connectivity index (χ0v) is 11.2. The fourth-order valence-corrected chi connectivity index (χ4v) is 2.36. The number of nitrogens with zero attached hydrogens (tertiary/aromatic N) is 3.